The fourth-order valence-electron chi connectivity index (χ4n) is 5.70. The number of aryl methyl sites for hydroxylation is 4. The predicted molar refractivity (Wildman–Crippen MR) is 171 cm³/mol. The van der Waals surface area contributed by atoms with Crippen LogP contribution in [0.25, 0.3) is 0 Å². The number of benzene rings is 4. The molecule has 4 aromatic carbocycles. The van der Waals surface area contributed by atoms with E-state index in [9.17, 15) is 0 Å². The Labute approximate surface area is 237 Å². The Morgan fingerprint density at radius 1 is 0.487 bits per heavy atom. The first-order valence-corrected chi connectivity index (χ1v) is 16.9. The van der Waals surface area contributed by atoms with E-state index in [2.05, 4.69) is 139 Å². The Balaban J connectivity index is 1.53. The predicted octanol–water partition coefficient (Wildman–Crippen LogP) is 7.01. The zero-order valence-corrected chi connectivity index (χ0v) is 25.8. The highest BCUT2D eigenvalue weighted by molar-refractivity contribution is 7.73. The number of hydrogen-bond acceptors (Lipinski definition) is 2. The van der Waals surface area contributed by atoms with Gasteiger partial charge in [-0.3, -0.25) is 0 Å². The molecule has 5 rings (SSSR count). The van der Waals surface area contributed by atoms with Crippen LogP contribution in [0.4, 0.5) is 0 Å². The summed E-state index contributed by atoms with van der Waals surface area (Å²) in [5.74, 6) is -0.605. The maximum Gasteiger partial charge on any atom is 0.163 e. The fraction of sp³-hybridized carbons (Fsp3) is 0.314. The quantitative estimate of drug-likeness (QED) is 0.218. The lowest BCUT2D eigenvalue weighted by atomic mass is 10.2. The second-order valence-corrected chi connectivity index (χ2v) is 15.4. The molecule has 202 valence electrons. The molecule has 0 saturated carbocycles. The highest BCUT2D eigenvalue weighted by Gasteiger charge is 2.44. The molecule has 0 bridgehead atoms. The summed E-state index contributed by atoms with van der Waals surface area (Å²) in [6.07, 6.45) is 1.93. The van der Waals surface area contributed by atoms with Crippen LogP contribution in [0.1, 0.15) is 36.1 Å². The summed E-state index contributed by atoms with van der Waals surface area (Å²) < 4.78 is 13.5. The third-order valence-corrected chi connectivity index (χ3v) is 13.4. The van der Waals surface area contributed by atoms with E-state index in [-0.39, 0.29) is 12.2 Å². The Morgan fingerprint density at radius 3 is 1.00 bits per heavy atom. The van der Waals surface area contributed by atoms with Gasteiger partial charge in [0.25, 0.3) is 0 Å². The molecule has 0 amide bonds. The molecule has 1 heterocycles. The van der Waals surface area contributed by atoms with Gasteiger partial charge < -0.3 is 9.47 Å². The number of ether oxygens (including phenoxy) is 2. The Kier molecular flexibility index (Phi) is 8.70. The molecular weight excluding hydrogens is 514 g/mol. The van der Waals surface area contributed by atoms with Crippen LogP contribution in [0.2, 0.25) is 0 Å². The maximum absolute atomic E-state index is 6.75. The molecule has 2 atom stereocenters. The molecule has 1 aliphatic heterocycles. The van der Waals surface area contributed by atoms with E-state index in [0.29, 0.717) is 0 Å². The van der Waals surface area contributed by atoms with Crippen LogP contribution in [0.3, 0.4) is 0 Å². The molecule has 1 saturated heterocycles. The molecule has 0 N–H and O–H groups in total. The van der Waals surface area contributed by atoms with Crippen molar-refractivity contribution in [3.8, 4) is 0 Å². The fourth-order valence-corrected chi connectivity index (χ4v) is 11.4. The molecule has 1 aliphatic rings. The average molecular weight is 555 g/mol. The SMILES string of the molecule is Cc1ccccc1P(C[C@@H]1OC(C)(C)O[C@@H]1CP(c1ccccc1C)c1ccccc1C)c1ccccc1C. The van der Waals surface area contributed by atoms with E-state index in [1.807, 2.05) is 0 Å². The van der Waals surface area contributed by atoms with E-state index in [1.165, 1.54) is 43.5 Å². The highest BCUT2D eigenvalue weighted by Crippen LogP contribution is 2.45. The largest absolute Gasteiger partial charge is 0.344 e. The summed E-state index contributed by atoms with van der Waals surface area (Å²) in [4.78, 5) is 0. The van der Waals surface area contributed by atoms with Gasteiger partial charge in [0.05, 0.1) is 12.2 Å². The van der Waals surface area contributed by atoms with Crippen LogP contribution in [-0.2, 0) is 9.47 Å². The van der Waals surface area contributed by atoms with Gasteiger partial charge in [0.2, 0.25) is 0 Å². The lowest BCUT2D eigenvalue weighted by Gasteiger charge is -2.29. The molecule has 39 heavy (non-hydrogen) atoms. The summed E-state index contributed by atoms with van der Waals surface area (Å²) in [6, 6.07) is 35.5. The minimum Gasteiger partial charge on any atom is -0.344 e. The van der Waals surface area contributed by atoms with Gasteiger partial charge in [0.1, 0.15) is 0 Å². The van der Waals surface area contributed by atoms with Crippen LogP contribution in [0.15, 0.2) is 97.1 Å². The minimum atomic E-state index is -0.615. The zero-order chi connectivity index (χ0) is 27.6. The van der Waals surface area contributed by atoms with E-state index in [1.54, 1.807) is 0 Å². The molecular formula is C35H40O2P2. The molecule has 0 radical (unpaired) electrons. The molecule has 4 aromatic rings. The van der Waals surface area contributed by atoms with Crippen LogP contribution >= 0.6 is 15.8 Å². The van der Waals surface area contributed by atoms with Crippen molar-refractivity contribution in [2.24, 2.45) is 0 Å². The molecule has 0 unspecified atom stereocenters. The Morgan fingerprint density at radius 2 is 0.744 bits per heavy atom. The van der Waals surface area contributed by atoms with Crippen LogP contribution in [0.5, 0.6) is 0 Å². The first-order chi connectivity index (χ1) is 18.7. The van der Waals surface area contributed by atoms with Gasteiger partial charge in [-0.2, -0.15) is 0 Å². The van der Waals surface area contributed by atoms with E-state index >= 15 is 0 Å². The van der Waals surface area contributed by atoms with Crippen LogP contribution in [-0.4, -0.2) is 30.3 Å². The molecule has 2 nitrogen and oxygen atoms in total. The van der Waals surface area contributed by atoms with Crippen molar-refractivity contribution in [3.05, 3.63) is 119 Å². The molecule has 0 spiro atoms. The average Bonchev–Trinajstić information content (AvgIpc) is 3.20. The van der Waals surface area contributed by atoms with Crippen molar-refractivity contribution >= 4 is 37.1 Å². The van der Waals surface area contributed by atoms with Crippen molar-refractivity contribution in [2.45, 2.75) is 59.5 Å². The van der Waals surface area contributed by atoms with Crippen molar-refractivity contribution in [1.82, 2.24) is 0 Å². The van der Waals surface area contributed by atoms with Crippen molar-refractivity contribution in [2.75, 3.05) is 12.3 Å². The van der Waals surface area contributed by atoms with Crippen molar-refractivity contribution in [1.29, 1.82) is 0 Å². The molecule has 0 aromatic heterocycles. The lowest BCUT2D eigenvalue weighted by Crippen LogP contribution is -2.34. The van der Waals surface area contributed by atoms with E-state index < -0.39 is 21.6 Å². The standard InChI is InChI=1S/C35H40O2P2/c1-25-15-7-11-19-31(25)38(32-20-12-8-16-26(32)2)23-29-30(37-35(5,6)36-29)24-39(33-21-13-9-17-27(33)3)34-22-14-10-18-28(34)4/h7-22,29-30H,23-24H2,1-6H3/t29-,30+. The van der Waals surface area contributed by atoms with Gasteiger partial charge in [-0.25, -0.2) is 0 Å². The van der Waals surface area contributed by atoms with Gasteiger partial charge >= 0.3 is 0 Å². The zero-order valence-electron chi connectivity index (χ0n) is 24.0. The smallest absolute Gasteiger partial charge is 0.163 e. The van der Waals surface area contributed by atoms with Crippen LogP contribution < -0.4 is 21.2 Å². The molecule has 4 heteroatoms. The Hall–Kier alpha value is -2.34. The summed E-state index contributed by atoms with van der Waals surface area (Å²) >= 11 is 0. The topological polar surface area (TPSA) is 18.5 Å². The van der Waals surface area contributed by atoms with Gasteiger partial charge in [-0.15, -0.1) is 0 Å². The number of hydrogen-bond donors (Lipinski definition) is 0. The second-order valence-electron chi connectivity index (χ2n) is 11.1. The van der Waals surface area contributed by atoms with Crippen LogP contribution in [0, 0.1) is 27.7 Å². The summed E-state index contributed by atoms with van der Waals surface area (Å²) in [5, 5.41) is 5.76. The van der Waals surface area contributed by atoms with Crippen molar-refractivity contribution in [3.63, 3.8) is 0 Å². The Bertz CT molecular complexity index is 1230. The monoisotopic (exact) mass is 554 g/mol. The van der Waals surface area contributed by atoms with Gasteiger partial charge in [-0.1, -0.05) is 97.1 Å². The molecule has 1 fully saturated rings. The van der Waals surface area contributed by atoms with Gasteiger partial charge in [0.15, 0.2) is 5.79 Å². The summed E-state index contributed by atoms with van der Waals surface area (Å²) in [5.41, 5.74) is 5.40. The van der Waals surface area contributed by atoms with Gasteiger partial charge in [-0.05, 0) is 101 Å². The highest BCUT2D eigenvalue weighted by atomic mass is 31.1. The number of rotatable bonds is 8. The lowest BCUT2D eigenvalue weighted by molar-refractivity contribution is -0.142. The first-order valence-electron chi connectivity index (χ1n) is 13.9. The first kappa shape index (κ1) is 28.2. The van der Waals surface area contributed by atoms with Crippen molar-refractivity contribution < 1.29 is 9.47 Å². The maximum atomic E-state index is 6.75. The van der Waals surface area contributed by atoms with E-state index in [4.69, 9.17) is 9.47 Å². The third-order valence-electron chi connectivity index (χ3n) is 7.64. The second kappa shape index (κ2) is 12.0. The van der Waals surface area contributed by atoms with Gasteiger partial charge in [0, 0.05) is 12.3 Å². The third kappa shape index (κ3) is 6.37. The summed E-state index contributed by atoms with van der Waals surface area (Å²) in [6.45, 7) is 13.1. The molecule has 0 aliphatic carbocycles. The van der Waals surface area contributed by atoms with E-state index in [0.717, 1.165) is 12.3 Å². The minimum absolute atomic E-state index is 0.0170. The summed E-state index contributed by atoms with van der Waals surface area (Å²) in [7, 11) is -1.23. The normalized spacial score (nSPS) is 18.7.